The Labute approximate surface area is 123 Å². The molecule has 2 unspecified atom stereocenters. The molecule has 0 saturated carbocycles. The van der Waals surface area contributed by atoms with Crippen LogP contribution in [0.5, 0.6) is 5.75 Å². The quantitative estimate of drug-likeness (QED) is 0.510. The lowest BCUT2D eigenvalue weighted by Crippen LogP contribution is -2.39. The first kappa shape index (κ1) is 13.9. The van der Waals surface area contributed by atoms with Gasteiger partial charge < -0.3 is 9.47 Å². The molecule has 3 N–H and O–H groups in total. The molecule has 1 saturated heterocycles. The summed E-state index contributed by atoms with van der Waals surface area (Å²) in [6.07, 6.45) is 0.928. The Kier molecular flexibility index (Phi) is 4.03. The van der Waals surface area contributed by atoms with Crippen LogP contribution >= 0.6 is 0 Å². The van der Waals surface area contributed by atoms with Crippen molar-refractivity contribution in [2.75, 3.05) is 6.61 Å². The highest BCUT2D eigenvalue weighted by Gasteiger charge is 2.30. The summed E-state index contributed by atoms with van der Waals surface area (Å²) in [4.78, 5) is 11.4. The van der Waals surface area contributed by atoms with Crippen LogP contribution in [0.3, 0.4) is 0 Å². The summed E-state index contributed by atoms with van der Waals surface area (Å²) < 4.78 is 11.5. The molecule has 0 aliphatic carbocycles. The van der Waals surface area contributed by atoms with Crippen molar-refractivity contribution in [3.63, 3.8) is 0 Å². The summed E-state index contributed by atoms with van der Waals surface area (Å²) in [7, 11) is 0. The zero-order valence-electron chi connectivity index (χ0n) is 11.6. The monoisotopic (exact) mass is 286 g/mol. The van der Waals surface area contributed by atoms with E-state index in [-0.39, 0.29) is 12.0 Å². The van der Waals surface area contributed by atoms with Gasteiger partial charge >= 0.3 is 0 Å². The van der Waals surface area contributed by atoms with E-state index in [0.717, 1.165) is 22.9 Å². The smallest absolute Gasteiger partial charge is 0.263 e. The zero-order chi connectivity index (χ0) is 14.7. The molecule has 0 radical (unpaired) electrons. The minimum atomic E-state index is -0.462. The Morgan fingerprint density at radius 2 is 2.05 bits per heavy atom. The number of rotatable bonds is 4. The maximum atomic E-state index is 11.4. The molecule has 1 aliphatic heterocycles. The molecule has 1 heterocycles. The predicted octanol–water partition coefficient (Wildman–Crippen LogP) is 1.76. The van der Waals surface area contributed by atoms with Crippen LogP contribution in [0.15, 0.2) is 42.5 Å². The van der Waals surface area contributed by atoms with Gasteiger partial charge in [0, 0.05) is 5.39 Å². The number of nitrogens with one attached hydrogen (secondary N) is 1. The number of carbonyl (C=O) groups is 1. The Bertz CT molecular complexity index is 639. The second-order valence-corrected chi connectivity index (χ2v) is 5.12. The molecular formula is C16H18N2O3. The summed E-state index contributed by atoms with van der Waals surface area (Å²) in [5, 5.41) is 2.22. The average Bonchev–Trinajstić information content (AvgIpc) is 3.01. The lowest BCUT2D eigenvalue weighted by Gasteiger charge is -2.15. The van der Waals surface area contributed by atoms with E-state index >= 15 is 0 Å². The lowest BCUT2D eigenvalue weighted by molar-refractivity contribution is -0.132. The minimum Gasteiger partial charge on any atom is -0.490 e. The van der Waals surface area contributed by atoms with Gasteiger partial charge in [-0.2, -0.15) is 0 Å². The van der Waals surface area contributed by atoms with E-state index in [1.807, 2.05) is 30.3 Å². The molecule has 0 aromatic heterocycles. The van der Waals surface area contributed by atoms with Gasteiger partial charge in [0.2, 0.25) is 0 Å². The van der Waals surface area contributed by atoms with Crippen LogP contribution < -0.4 is 16.0 Å². The minimum absolute atomic E-state index is 0.0775. The van der Waals surface area contributed by atoms with E-state index in [1.165, 1.54) is 0 Å². The standard InChI is InChI=1S/C16H18N2O3/c17-18-16(19)15-9-8-12(21-15)10-20-14-7-3-5-11-4-1-2-6-13(11)14/h1-7,12,15H,8-10,17H2,(H,18,19). The Balaban J connectivity index is 1.64. The Morgan fingerprint density at radius 3 is 2.90 bits per heavy atom. The van der Waals surface area contributed by atoms with Crippen LogP contribution in [0.1, 0.15) is 12.8 Å². The number of fused-ring (bicyclic) bond motifs is 1. The van der Waals surface area contributed by atoms with E-state index in [4.69, 9.17) is 15.3 Å². The normalized spacial score (nSPS) is 21.4. The topological polar surface area (TPSA) is 73.6 Å². The largest absolute Gasteiger partial charge is 0.490 e. The fourth-order valence-electron chi connectivity index (χ4n) is 2.62. The van der Waals surface area contributed by atoms with Crippen molar-refractivity contribution in [2.24, 2.45) is 5.84 Å². The fourth-order valence-corrected chi connectivity index (χ4v) is 2.62. The third-order valence-electron chi connectivity index (χ3n) is 3.72. The van der Waals surface area contributed by atoms with Crippen LogP contribution in [0.2, 0.25) is 0 Å². The molecule has 1 amide bonds. The molecular weight excluding hydrogens is 268 g/mol. The zero-order valence-corrected chi connectivity index (χ0v) is 11.6. The van der Waals surface area contributed by atoms with Gasteiger partial charge in [0.15, 0.2) is 0 Å². The van der Waals surface area contributed by atoms with Crippen molar-refractivity contribution in [1.82, 2.24) is 5.43 Å². The molecule has 5 nitrogen and oxygen atoms in total. The number of ether oxygens (including phenoxy) is 2. The van der Waals surface area contributed by atoms with Crippen LogP contribution in [-0.4, -0.2) is 24.7 Å². The first-order chi connectivity index (χ1) is 10.3. The van der Waals surface area contributed by atoms with Crippen molar-refractivity contribution >= 4 is 16.7 Å². The van der Waals surface area contributed by atoms with Gasteiger partial charge in [0.1, 0.15) is 18.5 Å². The molecule has 3 rings (SSSR count). The number of nitrogens with two attached hydrogens (primary N) is 1. The first-order valence-corrected chi connectivity index (χ1v) is 7.04. The third kappa shape index (κ3) is 2.99. The Morgan fingerprint density at radius 1 is 1.24 bits per heavy atom. The van der Waals surface area contributed by atoms with Crippen molar-refractivity contribution in [2.45, 2.75) is 25.0 Å². The van der Waals surface area contributed by atoms with E-state index in [2.05, 4.69) is 17.6 Å². The van der Waals surface area contributed by atoms with Gasteiger partial charge in [0.25, 0.3) is 5.91 Å². The summed E-state index contributed by atoms with van der Waals surface area (Å²) in [5.74, 6) is 5.67. The molecule has 0 spiro atoms. The van der Waals surface area contributed by atoms with E-state index in [9.17, 15) is 4.79 Å². The van der Waals surface area contributed by atoms with Crippen molar-refractivity contribution in [1.29, 1.82) is 0 Å². The van der Waals surface area contributed by atoms with E-state index < -0.39 is 6.10 Å². The average molecular weight is 286 g/mol. The van der Waals surface area contributed by atoms with Gasteiger partial charge in [-0.15, -0.1) is 0 Å². The Hall–Kier alpha value is -2.11. The summed E-state index contributed by atoms with van der Waals surface area (Å²) in [6.45, 7) is 0.433. The van der Waals surface area contributed by atoms with Crippen LogP contribution in [0.25, 0.3) is 10.8 Å². The molecule has 2 aromatic rings. The second-order valence-electron chi connectivity index (χ2n) is 5.12. The summed E-state index contributed by atoms with van der Waals surface area (Å²) >= 11 is 0. The first-order valence-electron chi connectivity index (χ1n) is 7.04. The summed E-state index contributed by atoms with van der Waals surface area (Å²) in [5.41, 5.74) is 2.12. The van der Waals surface area contributed by atoms with Gasteiger partial charge in [-0.05, 0) is 24.3 Å². The summed E-state index contributed by atoms with van der Waals surface area (Å²) in [6, 6.07) is 14.0. The molecule has 5 heteroatoms. The highest BCUT2D eigenvalue weighted by Crippen LogP contribution is 2.27. The van der Waals surface area contributed by atoms with Crippen LogP contribution in [0, 0.1) is 0 Å². The van der Waals surface area contributed by atoms with E-state index in [1.54, 1.807) is 0 Å². The molecule has 1 aliphatic rings. The van der Waals surface area contributed by atoms with Gasteiger partial charge in [0.05, 0.1) is 6.10 Å². The fraction of sp³-hybridized carbons (Fsp3) is 0.312. The highest BCUT2D eigenvalue weighted by molar-refractivity contribution is 5.88. The maximum Gasteiger partial charge on any atom is 0.263 e. The molecule has 21 heavy (non-hydrogen) atoms. The highest BCUT2D eigenvalue weighted by atomic mass is 16.5. The van der Waals surface area contributed by atoms with Crippen molar-refractivity contribution in [3.8, 4) is 5.75 Å². The molecule has 2 aromatic carbocycles. The van der Waals surface area contributed by atoms with E-state index in [0.29, 0.717) is 13.0 Å². The van der Waals surface area contributed by atoms with Gasteiger partial charge in [-0.1, -0.05) is 36.4 Å². The molecule has 110 valence electrons. The number of hydrazine groups is 1. The van der Waals surface area contributed by atoms with Gasteiger partial charge in [-0.25, -0.2) is 5.84 Å². The molecule has 2 atom stereocenters. The molecule has 1 fully saturated rings. The van der Waals surface area contributed by atoms with Crippen LogP contribution in [0.4, 0.5) is 0 Å². The number of hydrogen-bond donors (Lipinski definition) is 2. The second kappa shape index (κ2) is 6.11. The SMILES string of the molecule is NNC(=O)C1CCC(COc2cccc3ccccc23)O1. The van der Waals surface area contributed by atoms with Crippen molar-refractivity contribution < 1.29 is 14.3 Å². The third-order valence-corrected chi connectivity index (χ3v) is 3.72. The number of carbonyl (C=O) groups excluding carboxylic acids is 1. The van der Waals surface area contributed by atoms with Crippen LogP contribution in [-0.2, 0) is 9.53 Å². The predicted molar refractivity (Wildman–Crippen MR) is 79.7 cm³/mol. The lowest BCUT2D eigenvalue weighted by atomic mass is 10.1. The number of amides is 1. The number of benzene rings is 2. The van der Waals surface area contributed by atoms with Crippen molar-refractivity contribution in [3.05, 3.63) is 42.5 Å². The maximum absolute atomic E-state index is 11.4. The van der Waals surface area contributed by atoms with Gasteiger partial charge in [-0.3, -0.25) is 10.2 Å². The molecule has 0 bridgehead atoms. The number of hydrogen-bond acceptors (Lipinski definition) is 4.